The Morgan fingerprint density at radius 1 is 1.23 bits per heavy atom. The molecule has 1 aromatic carbocycles. The number of alkyl halides is 5. The van der Waals surface area contributed by atoms with E-state index in [1.54, 1.807) is 0 Å². The van der Waals surface area contributed by atoms with Gasteiger partial charge in [0.25, 0.3) is 11.8 Å². The van der Waals surface area contributed by atoms with Gasteiger partial charge in [0, 0.05) is 29.3 Å². The predicted molar refractivity (Wildman–Crippen MR) is 106 cm³/mol. The molecule has 1 saturated heterocycles. The average molecular weight is 509 g/mol. The molecule has 1 fully saturated rings. The highest BCUT2D eigenvalue weighted by molar-refractivity contribution is 5.97. The Kier molecular flexibility index (Phi) is 6.97. The maximum Gasteiger partial charge on any atom is 0.417 e. The Labute approximate surface area is 193 Å². The van der Waals surface area contributed by atoms with Crippen molar-refractivity contribution in [1.82, 2.24) is 4.98 Å². The maximum atomic E-state index is 14.4. The van der Waals surface area contributed by atoms with Gasteiger partial charge in [0.15, 0.2) is 17.2 Å². The van der Waals surface area contributed by atoms with Crippen LogP contribution in [0, 0.1) is 17.6 Å². The lowest BCUT2D eigenvalue weighted by atomic mass is 9.77. The van der Waals surface area contributed by atoms with Crippen LogP contribution in [0.25, 0.3) is 0 Å². The molecule has 2 aromatic rings. The second-order valence-corrected chi connectivity index (χ2v) is 7.90. The molecule has 35 heavy (non-hydrogen) atoms. The lowest BCUT2D eigenvalue weighted by Gasteiger charge is -2.32. The fourth-order valence-corrected chi connectivity index (χ4v) is 3.90. The number of benzene rings is 1. The van der Waals surface area contributed by atoms with Crippen LogP contribution in [-0.2, 0) is 9.53 Å². The van der Waals surface area contributed by atoms with Gasteiger partial charge in [0.1, 0.15) is 11.8 Å². The van der Waals surface area contributed by atoms with E-state index in [-0.39, 0.29) is 11.4 Å². The van der Waals surface area contributed by atoms with Gasteiger partial charge in [0.05, 0.1) is 0 Å². The van der Waals surface area contributed by atoms with E-state index >= 15 is 0 Å². The van der Waals surface area contributed by atoms with Crippen LogP contribution in [-0.4, -0.2) is 41.3 Å². The Balaban J connectivity index is 2.10. The minimum absolute atomic E-state index is 0.0937. The van der Waals surface area contributed by atoms with E-state index < -0.39 is 71.1 Å². The monoisotopic (exact) mass is 509 g/mol. The number of halogens is 7. The summed E-state index contributed by atoms with van der Waals surface area (Å²) >= 11 is 0. The van der Waals surface area contributed by atoms with Gasteiger partial charge in [-0.15, -0.1) is 0 Å². The molecule has 3 N–H and O–H groups in total. The van der Waals surface area contributed by atoms with E-state index in [4.69, 9.17) is 10.5 Å². The molecule has 1 aromatic heterocycles. The fraction of sp³-hybridized carbons (Fsp3) is 0.381. The molecule has 1 aliphatic rings. The largest absolute Gasteiger partial charge is 0.431 e. The molecule has 2 amide bonds. The molecule has 0 saturated carbocycles. The molecule has 2 heterocycles. The van der Waals surface area contributed by atoms with E-state index in [1.807, 2.05) is 0 Å². The number of aromatic nitrogens is 1. The second-order valence-electron chi connectivity index (χ2n) is 7.90. The lowest BCUT2D eigenvalue weighted by Crippen LogP contribution is -2.47. The molecule has 7 nitrogen and oxygen atoms in total. The van der Waals surface area contributed by atoms with Gasteiger partial charge >= 0.3 is 12.8 Å². The van der Waals surface area contributed by atoms with Gasteiger partial charge in [-0.3, -0.25) is 14.6 Å². The van der Waals surface area contributed by atoms with Crippen LogP contribution in [0.1, 0.15) is 35.8 Å². The highest BCUT2D eigenvalue weighted by Crippen LogP contribution is 2.55. The van der Waals surface area contributed by atoms with E-state index in [0.29, 0.717) is 13.0 Å². The van der Waals surface area contributed by atoms with Crippen LogP contribution in [0.2, 0.25) is 0 Å². The molecule has 0 aliphatic carbocycles. The van der Waals surface area contributed by atoms with Crippen molar-refractivity contribution in [3.05, 3.63) is 53.4 Å². The van der Waals surface area contributed by atoms with Crippen molar-refractivity contribution in [2.45, 2.75) is 44.3 Å². The van der Waals surface area contributed by atoms with Crippen molar-refractivity contribution >= 4 is 17.5 Å². The summed E-state index contributed by atoms with van der Waals surface area (Å²) in [6.45, 7) is -1.98. The summed E-state index contributed by atoms with van der Waals surface area (Å²) in [5, 5.41) is 2.24. The number of primary amides is 1. The normalized spacial score (nSPS) is 24.5. The number of carbonyl (C=O) groups excluding carboxylic acids is 2. The number of nitrogens with zero attached hydrogens (tertiary/aromatic N) is 1. The zero-order valence-electron chi connectivity index (χ0n) is 18.0. The third-order valence-electron chi connectivity index (χ3n) is 5.85. The zero-order valence-corrected chi connectivity index (χ0v) is 18.0. The van der Waals surface area contributed by atoms with E-state index in [2.05, 4.69) is 15.0 Å². The molecule has 4 atom stereocenters. The molecule has 0 radical (unpaired) electrons. The van der Waals surface area contributed by atoms with Gasteiger partial charge < -0.3 is 20.5 Å². The molecule has 190 valence electrons. The van der Waals surface area contributed by atoms with E-state index in [9.17, 15) is 40.3 Å². The van der Waals surface area contributed by atoms with E-state index in [1.165, 1.54) is 6.07 Å². The van der Waals surface area contributed by atoms with Gasteiger partial charge in [-0.2, -0.15) is 26.3 Å². The minimum atomic E-state index is -5.04. The van der Waals surface area contributed by atoms with Crippen LogP contribution >= 0.6 is 0 Å². The summed E-state index contributed by atoms with van der Waals surface area (Å²) in [6, 6.07) is 3.50. The number of pyridine rings is 1. The summed E-state index contributed by atoms with van der Waals surface area (Å²) in [4.78, 5) is 28.0. The first-order valence-electron chi connectivity index (χ1n) is 9.91. The topological polar surface area (TPSA) is 104 Å². The van der Waals surface area contributed by atoms with Crippen molar-refractivity contribution in [3.63, 3.8) is 0 Å². The number of rotatable bonds is 6. The number of hydrogen-bond acceptors (Lipinski definition) is 5. The summed E-state index contributed by atoms with van der Waals surface area (Å²) in [5.74, 6) is -10.3. The summed E-state index contributed by atoms with van der Waals surface area (Å²) in [6.07, 6.45) is -5.97. The smallest absolute Gasteiger partial charge is 0.417 e. The van der Waals surface area contributed by atoms with Crippen molar-refractivity contribution < 1.29 is 49.8 Å². The van der Waals surface area contributed by atoms with Gasteiger partial charge in [-0.1, -0.05) is 13.0 Å². The first kappa shape index (κ1) is 26.2. The van der Waals surface area contributed by atoms with Crippen LogP contribution in [0.5, 0.6) is 5.75 Å². The van der Waals surface area contributed by atoms with Gasteiger partial charge in [-0.05, 0) is 25.1 Å². The Morgan fingerprint density at radius 3 is 2.46 bits per heavy atom. The molecule has 0 bridgehead atoms. The molecular weight excluding hydrogens is 491 g/mol. The predicted octanol–water partition coefficient (Wildman–Crippen LogP) is 4.14. The zero-order chi connectivity index (χ0) is 26.3. The molecule has 3 rings (SSSR count). The molecule has 0 unspecified atom stereocenters. The summed E-state index contributed by atoms with van der Waals surface area (Å²) < 4.78 is 105. The number of nitrogens with one attached hydrogen (secondary N) is 1. The van der Waals surface area contributed by atoms with Crippen molar-refractivity contribution in [1.29, 1.82) is 0 Å². The number of hydrogen-bond donors (Lipinski definition) is 2. The highest BCUT2D eigenvalue weighted by Gasteiger charge is 2.66. The van der Waals surface area contributed by atoms with Crippen molar-refractivity contribution in [2.75, 3.05) is 5.32 Å². The molecule has 14 heteroatoms. The fourth-order valence-electron chi connectivity index (χ4n) is 3.90. The highest BCUT2D eigenvalue weighted by atomic mass is 19.4. The third-order valence-corrected chi connectivity index (χ3v) is 5.85. The van der Waals surface area contributed by atoms with Crippen LogP contribution < -0.4 is 15.8 Å². The van der Waals surface area contributed by atoms with Gasteiger partial charge in [0.2, 0.25) is 5.82 Å². The minimum Gasteiger partial charge on any atom is -0.431 e. The Morgan fingerprint density at radius 2 is 1.89 bits per heavy atom. The van der Waals surface area contributed by atoms with Crippen LogP contribution in [0.4, 0.5) is 36.4 Å². The SMILES string of the molecule is C[C@H]1[C@H](c2ccc(F)c(F)c2OC(F)F)[C@@H](C(=O)Nc2ccnc(C(N)=O)c2)O[C@@]1(C)C(F)(F)F. The first-order valence-corrected chi connectivity index (χ1v) is 9.91. The third kappa shape index (κ3) is 4.88. The Bertz CT molecular complexity index is 1140. The molecule has 1 aliphatic heterocycles. The number of carbonyl (C=O) groups is 2. The van der Waals surface area contributed by atoms with E-state index in [0.717, 1.165) is 25.3 Å². The summed E-state index contributed by atoms with van der Waals surface area (Å²) in [7, 11) is 0. The molecule has 0 spiro atoms. The van der Waals surface area contributed by atoms with Crippen LogP contribution in [0.3, 0.4) is 0 Å². The number of nitrogens with two attached hydrogens (primary N) is 1. The average Bonchev–Trinajstić information content (AvgIpc) is 3.04. The maximum absolute atomic E-state index is 14.4. The number of ether oxygens (including phenoxy) is 2. The summed E-state index contributed by atoms with van der Waals surface area (Å²) in [5.41, 5.74) is 1.14. The second kappa shape index (κ2) is 9.32. The van der Waals surface area contributed by atoms with Crippen molar-refractivity contribution in [2.24, 2.45) is 11.7 Å². The standard InChI is InChI=1S/C21H18F7N3O4/c1-8-13(10-3-4-11(22)14(23)15(10)34-19(24)25)16(35-20(8,2)21(26,27)28)18(33)31-9-5-6-30-12(7-9)17(29)32/h3-8,13,16,19H,1-2H3,(H2,29,32)(H,30,31,33)/t8-,13+,16-,20+/m0/s1. The molecular formula is C21H18F7N3O4. The quantitative estimate of drug-likeness (QED) is 0.570. The lowest BCUT2D eigenvalue weighted by molar-refractivity contribution is -0.272. The Hall–Kier alpha value is -3.42. The van der Waals surface area contributed by atoms with Gasteiger partial charge in [-0.25, -0.2) is 4.39 Å². The number of anilines is 1. The van der Waals surface area contributed by atoms with Crippen molar-refractivity contribution in [3.8, 4) is 5.75 Å². The van der Waals surface area contributed by atoms with Crippen LogP contribution in [0.15, 0.2) is 30.5 Å². The first-order chi connectivity index (χ1) is 16.2. The number of amides is 2.